The van der Waals surface area contributed by atoms with E-state index in [2.05, 4.69) is 11.4 Å². The highest BCUT2D eigenvalue weighted by atomic mass is 19.4. The summed E-state index contributed by atoms with van der Waals surface area (Å²) >= 11 is 0. The van der Waals surface area contributed by atoms with E-state index in [9.17, 15) is 37.6 Å². The molecular weight excluding hydrogens is 443 g/mol. The zero-order valence-corrected chi connectivity index (χ0v) is 18.3. The molecule has 0 aromatic rings. The Balaban J connectivity index is 1.61. The number of fused-ring (bicyclic) bond motifs is 1. The third-order valence-electron chi connectivity index (χ3n) is 8.41. The Bertz CT molecular complexity index is 970. The number of halogens is 3. The number of piperidine rings is 1. The minimum atomic E-state index is -4.70. The maximum absolute atomic E-state index is 13.2. The second kappa shape index (κ2) is 7.08. The van der Waals surface area contributed by atoms with Crippen molar-refractivity contribution in [2.24, 2.45) is 34.3 Å². The molecule has 0 aromatic heterocycles. The van der Waals surface area contributed by atoms with E-state index in [1.807, 2.05) is 13.8 Å². The Morgan fingerprint density at radius 1 is 1.33 bits per heavy atom. The molecule has 3 unspecified atom stereocenters. The van der Waals surface area contributed by atoms with E-state index in [4.69, 9.17) is 5.73 Å². The highest BCUT2D eigenvalue weighted by Crippen LogP contribution is 2.78. The van der Waals surface area contributed by atoms with E-state index >= 15 is 0 Å². The Labute approximate surface area is 188 Å². The lowest BCUT2D eigenvalue weighted by molar-refractivity contribution is -0.173. The smallest absolute Gasteiger partial charge is 0.368 e. The molecular formula is C21H26F3N5O4. The van der Waals surface area contributed by atoms with Crippen molar-refractivity contribution in [1.82, 2.24) is 15.5 Å². The number of carbonyl (C=O) groups is 4. The van der Waals surface area contributed by atoms with Gasteiger partial charge < -0.3 is 21.3 Å². The van der Waals surface area contributed by atoms with Gasteiger partial charge in [0.25, 0.3) is 0 Å². The number of nitrogens with one attached hydrogen (secondary N) is 2. The predicted octanol–water partition coefficient (Wildman–Crippen LogP) is 0.202. The number of hydrogen-bond donors (Lipinski definition) is 3. The van der Waals surface area contributed by atoms with Crippen LogP contribution in [-0.4, -0.2) is 59.4 Å². The van der Waals surface area contributed by atoms with Gasteiger partial charge in [-0.25, -0.2) is 0 Å². The number of hydrogen-bond acceptors (Lipinski definition) is 5. The second-order valence-corrected chi connectivity index (χ2v) is 10.2. The van der Waals surface area contributed by atoms with Crippen molar-refractivity contribution in [1.29, 1.82) is 5.26 Å². The van der Waals surface area contributed by atoms with Crippen LogP contribution >= 0.6 is 0 Å². The third-order valence-corrected chi connectivity index (χ3v) is 8.41. The van der Waals surface area contributed by atoms with Crippen molar-refractivity contribution in [2.45, 2.75) is 57.3 Å². The summed E-state index contributed by atoms with van der Waals surface area (Å²) in [6, 6.07) is 0.854. The van der Waals surface area contributed by atoms with E-state index in [-0.39, 0.29) is 37.6 Å². The molecule has 4 fully saturated rings. The molecule has 2 aliphatic heterocycles. The van der Waals surface area contributed by atoms with Gasteiger partial charge in [0.2, 0.25) is 11.8 Å². The van der Waals surface area contributed by atoms with Crippen molar-refractivity contribution >= 4 is 23.6 Å². The van der Waals surface area contributed by atoms with Crippen molar-refractivity contribution < 1.29 is 32.3 Å². The van der Waals surface area contributed by atoms with Crippen molar-refractivity contribution in [3.05, 3.63) is 0 Å². The average Bonchev–Trinajstić information content (AvgIpc) is 3.43. The van der Waals surface area contributed by atoms with Gasteiger partial charge in [-0.1, -0.05) is 13.8 Å². The van der Waals surface area contributed by atoms with E-state index in [0.717, 1.165) is 4.90 Å². The monoisotopic (exact) mass is 469 g/mol. The van der Waals surface area contributed by atoms with E-state index < -0.39 is 58.1 Å². The fourth-order valence-electron chi connectivity index (χ4n) is 6.41. The first-order valence-corrected chi connectivity index (χ1v) is 10.9. The van der Waals surface area contributed by atoms with Crippen LogP contribution in [0.25, 0.3) is 0 Å². The van der Waals surface area contributed by atoms with Gasteiger partial charge in [0.05, 0.1) is 12.0 Å². The standard InChI is InChI=1S/C21H26F3N5O4/c1-18(2)12-9-29(17(33)16(32)28-19(4-5-19)21(22,23)24)13(14(26)30)20(12,18)11(8-25)7-10-3-6-27-15(10)31/h10-13H,3-7,9H2,1-2H3,(H2,26,30)(H,27,31)(H,28,32)/t10-,11-,12?,13?,20?/m1/s1. The molecule has 4 aliphatic rings. The molecule has 2 heterocycles. The van der Waals surface area contributed by atoms with Gasteiger partial charge >= 0.3 is 18.0 Å². The number of nitrogens with two attached hydrogens (primary N) is 1. The lowest BCUT2D eigenvalue weighted by atomic mass is 9.73. The molecule has 4 N–H and O–H groups in total. The number of primary amides is 1. The Kier molecular flexibility index (Phi) is 5.00. The summed E-state index contributed by atoms with van der Waals surface area (Å²) in [7, 11) is 0. The maximum atomic E-state index is 13.2. The molecule has 4 amide bonds. The third kappa shape index (κ3) is 3.11. The molecule has 0 radical (unpaired) electrons. The number of nitrogens with zero attached hydrogens (tertiary/aromatic N) is 2. The summed E-state index contributed by atoms with van der Waals surface area (Å²) in [5, 5.41) is 14.5. The first-order valence-electron chi connectivity index (χ1n) is 10.9. The summed E-state index contributed by atoms with van der Waals surface area (Å²) in [6.07, 6.45) is -4.65. The van der Waals surface area contributed by atoms with Crippen LogP contribution in [0.4, 0.5) is 13.2 Å². The lowest BCUT2D eigenvalue weighted by Gasteiger charge is -2.36. The van der Waals surface area contributed by atoms with E-state index in [1.165, 1.54) is 0 Å². The van der Waals surface area contributed by atoms with E-state index in [0.29, 0.717) is 13.0 Å². The molecule has 9 nitrogen and oxygen atoms in total. The summed E-state index contributed by atoms with van der Waals surface area (Å²) < 4.78 is 39.7. The van der Waals surface area contributed by atoms with Gasteiger partial charge in [-0.05, 0) is 37.0 Å². The Morgan fingerprint density at radius 3 is 2.42 bits per heavy atom. The van der Waals surface area contributed by atoms with Gasteiger partial charge in [0.15, 0.2) is 0 Å². The molecule has 2 saturated carbocycles. The van der Waals surface area contributed by atoms with Gasteiger partial charge in [0, 0.05) is 24.4 Å². The molecule has 0 bridgehead atoms. The topological polar surface area (TPSA) is 145 Å². The molecule has 12 heteroatoms. The summed E-state index contributed by atoms with van der Waals surface area (Å²) in [6.45, 7) is 4.06. The fourth-order valence-corrected chi connectivity index (χ4v) is 6.41. The molecule has 0 spiro atoms. The first kappa shape index (κ1) is 23.3. The van der Waals surface area contributed by atoms with Crippen LogP contribution in [0.3, 0.4) is 0 Å². The molecule has 2 aliphatic carbocycles. The highest BCUT2D eigenvalue weighted by molar-refractivity contribution is 6.35. The average molecular weight is 469 g/mol. The zero-order chi connectivity index (χ0) is 24.6. The first-order chi connectivity index (χ1) is 15.2. The molecule has 4 rings (SSSR count). The van der Waals surface area contributed by atoms with Gasteiger partial charge in [-0.3, -0.25) is 19.2 Å². The van der Waals surface area contributed by atoms with Crippen molar-refractivity contribution in [3.8, 4) is 6.07 Å². The minimum absolute atomic E-state index is 0.0824. The number of nitriles is 1. The van der Waals surface area contributed by atoms with Crippen LogP contribution in [0.1, 0.15) is 39.5 Å². The lowest BCUT2D eigenvalue weighted by Crippen LogP contribution is -2.58. The largest absolute Gasteiger partial charge is 0.411 e. The Morgan fingerprint density at radius 2 is 1.97 bits per heavy atom. The summed E-state index contributed by atoms with van der Waals surface area (Å²) in [5.41, 5.74) is 1.54. The number of rotatable bonds is 5. The van der Waals surface area contributed by atoms with Crippen LogP contribution < -0.4 is 16.4 Å². The normalized spacial score (nSPS) is 34.0. The Hall–Kier alpha value is -2.84. The molecule has 0 aromatic carbocycles. The van der Waals surface area contributed by atoms with Crippen molar-refractivity contribution in [3.63, 3.8) is 0 Å². The highest BCUT2D eigenvalue weighted by Gasteiger charge is 2.83. The number of carbonyl (C=O) groups excluding carboxylic acids is 4. The fraction of sp³-hybridized carbons (Fsp3) is 0.762. The molecule has 5 atom stereocenters. The second-order valence-electron chi connectivity index (χ2n) is 10.2. The van der Waals surface area contributed by atoms with E-state index in [1.54, 1.807) is 5.32 Å². The minimum Gasteiger partial charge on any atom is -0.368 e. The van der Waals surface area contributed by atoms with Crippen LogP contribution in [0, 0.1) is 39.9 Å². The maximum Gasteiger partial charge on any atom is 0.411 e. The number of alkyl halides is 3. The van der Waals surface area contributed by atoms with Crippen LogP contribution in [0.5, 0.6) is 0 Å². The van der Waals surface area contributed by atoms with Crippen LogP contribution in [0.2, 0.25) is 0 Å². The zero-order valence-electron chi connectivity index (χ0n) is 18.3. The van der Waals surface area contributed by atoms with Crippen LogP contribution in [-0.2, 0) is 19.2 Å². The molecule has 2 saturated heterocycles. The quantitative estimate of drug-likeness (QED) is 0.493. The van der Waals surface area contributed by atoms with Gasteiger partial charge in [-0.2, -0.15) is 18.4 Å². The summed E-state index contributed by atoms with van der Waals surface area (Å²) in [5.74, 6) is -5.45. The molecule has 33 heavy (non-hydrogen) atoms. The van der Waals surface area contributed by atoms with Crippen molar-refractivity contribution in [2.75, 3.05) is 13.1 Å². The number of amides is 4. The summed E-state index contributed by atoms with van der Waals surface area (Å²) in [4.78, 5) is 51.0. The van der Waals surface area contributed by atoms with Crippen LogP contribution in [0.15, 0.2) is 0 Å². The predicted molar refractivity (Wildman–Crippen MR) is 105 cm³/mol. The number of likely N-dealkylation sites (tertiary alicyclic amines) is 1. The van der Waals surface area contributed by atoms with Gasteiger partial charge in [0.1, 0.15) is 11.6 Å². The van der Waals surface area contributed by atoms with Gasteiger partial charge in [-0.15, -0.1) is 0 Å². The SMILES string of the molecule is CC1(C)C2CN(C(=O)C(=O)NC3(C(F)(F)F)CC3)C(C(N)=O)C21[C@@H](C#N)C[C@H]1CCNC1=O. The molecule has 180 valence electrons.